The Morgan fingerprint density at radius 1 is 1.21 bits per heavy atom. The summed E-state index contributed by atoms with van der Waals surface area (Å²) < 4.78 is 12.1. The van der Waals surface area contributed by atoms with Gasteiger partial charge >= 0.3 is 0 Å². The van der Waals surface area contributed by atoms with Crippen LogP contribution in [0.1, 0.15) is 58.3 Å². The number of rotatable bonds is 7. The predicted molar refractivity (Wildman–Crippen MR) is 109 cm³/mol. The highest BCUT2D eigenvalue weighted by Crippen LogP contribution is 2.43. The number of amides is 2. The molecule has 4 aliphatic heterocycles. The number of hydrogen-bond donors (Lipinski definition) is 2. The quantitative estimate of drug-likeness (QED) is 0.625. The van der Waals surface area contributed by atoms with E-state index in [0.29, 0.717) is 24.5 Å². The van der Waals surface area contributed by atoms with Crippen LogP contribution in [0, 0.1) is 10.8 Å². The number of nitrogens with zero attached hydrogens (tertiary/aromatic N) is 1. The zero-order chi connectivity index (χ0) is 20.3. The van der Waals surface area contributed by atoms with Gasteiger partial charge in [0.25, 0.3) is 0 Å². The molecule has 5 aliphatic rings. The molecule has 2 bridgehead atoms. The third kappa shape index (κ3) is 4.62. The zero-order valence-corrected chi connectivity index (χ0v) is 17.8. The lowest BCUT2D eigenvalue weighted by Crippen LogP contribution is -2.56. The minimum Gasteiger partial charge on any atom is -0.378 e. The van der Waals surface area contributed by atoms with Crippen molar-refractivity contribution in [2.45, 2.75) is 76.5 Å². The lowest BCUT2D eigenvalue weighted by atomic mass is 9.71. The monoisotopic (exact) mass is 407 g/mol. The van der Waals surface area contributed by atoms with Crippen LogP contribution < -0.4 is 10.6 Å². The molecule has 4 saturated heterocycles. The fourth-order valence-electron chi connectivity index (χ4n) is 5.74. The number of hydrogen-bond acceptors (Lipinski definition) is 5. The summed E-state index contributed by atoms with van der Waals surface area (Å²) >= 11 is 0. The van der Waals surface area contributed by atoms with Crippen molar-refractivity contribution in [1.29, 1.82) is 0 Å². The topological polar surface area (TPSA) is 79.9 Å². The largest absolute Gasteiger partial charge is 0.378 e. The van der Waals surface area contributed by atoms with Crippen LogP contribution in [-0.4, -0.2) is 74.9 Å². The molecule has 5 fully saturated rings. The molecule has 0 aromatic heterocycles. The molecule has 0 aromatic rings. The van der Waals surface area contributed by atoms with E-state index in [0.717, 1.165) is 71.3 Å². The standard InChI is InChI=1S/C22H37N3O4/c1-17(28-14-22-4-2-18(3-5-22)29-15-22)19(24-16-26)20(27)25-12-8-21(9-13-25)6-10-23-11-7-21/h16-19,23H,2-15H2,1H3,(H,24,26)/t17?,18?,19-,22?/m0/s1. The van der Waals surface area contributed by atoms with E-state index < -0.39 is 6.04 Å². The normalized spacial score (nSPS) is 33.3. The molecule has 0 aromatic carbocycles. The van der Waals surface area contributed by atoms with Gasteiger partial charge in [0.05, 0.1) is 25.4 Å². The van der Waals surface area contributed by atoms with Gasteiger partial charge in [-0.3, -0.25) is 9.59 Å². The van der Waals surface area contributed by atoms with E-state index in [2.05, 4.69) is 10.6 Å². The molecule has 0 radical (unpaired) electrons. The van der Waals surface area contributed by atoms with E-state index in [9.17, 15) is 9.59 Å². The van der Waals surface area contributed by atoms with Crippen molar-refractivity contribution < 1.29 is 19.1 Å². The maximum absolute atomic E-state index is 13.2. The third-order valence-corrected chi connectivity index (χ3v) is 8.05. The number of piperidine rings is 2. The highest BCUT2D eigenvalue weighted by atomic mass is 16.5. The number of carbonyl (C=O) groups excluding carboxylic acids is 2. The minimum atomic E-state index is -0.619. The van der Waals surface area contributed by atoms with Gasteiger partial charge in [0.2, 0.25) is 12.3 Å². The average molecular weight is 408 g/mol. The van der Waals surface area contributed by atoms with E-state index in [1.807, 2.05) is 11.8 Å². The summed E-state index contributed by atoms with van der Waals surface area (Å²) in [6.45, 7) is 6.99. The Balaban J connectivity index is 1.31. The Kier molecular flexibility index (Phi) is 6.47. The second-order valence-corrected chi connectivity index (χ2v) is 9.86. The average Bonchev–Trinajstić information content (AvgIpc) is 2.78. The predicted octanol–water partition coefficient (Wildman–Crippen LogP) is 1.46. The fraction of sp³-hybridized carbons (Fsp3) is 0.909. The maximum Gasteiger partial charge on any atom is 0.247 e. The molecule has 1 spiro atoms. The summed E-state index contributed by atoms with van der Waals surface area (Å²) in [7, 11) is 0. The molecule has 1 saturated carbocycles. The van der Waals surface area contributed by atoms with E-state index >= 15 is 0 Å². The molecular formula is C22H37N3O4. The van der Waals surface area contributed by atoms with Crippen molar-refractivity contribution in [3.05, 3.63) is 0 Å². The summed E-state index contributed by atoms with van der Waals surface area (Å²) in [5.41, 5.74) is 0.487. The number of nitrogens with one attached hydrogen (secondary N) is 2. The van der Waals surface area contributed by atoms with Crippen LogP contribution in [0.3, 0.4) is 0 Å². The van der Waals surface area contributed by atoms with Gasteiger partial charge in [-0.25, -0.2) is 0 Å². The van der Waals surface area contributed by atoms with Crippen molar-refractivity contribution >= 4 is 12.3 Å². The first-order chi connectivity index (χ1) is 14.0. The van der Waals surface area contributed by atoms with E-state index in [4.69, 9.17) is 9.47 Å². The van der Waals surface area contributed by atoms with Gasteiger partial charge in [-0.15, -0.1) is 0 Å². The van der Waals surface area contributed by atoms with Crippen molar-refractivity contribution in [1.82, 2.24) is 15.5 Å². The van der Waals surface area contributed by atoms with E-state index in [-0.39, 0.29) is 17.4 Å². The first kappa shape index (κ1) is 21.1. The molecule has 164 valence electrons. The van der Waals surface area contributed by atoms with Crippen LogP contribution >= 0.6 is 0 Å². The smallest absolute Gasteiger partial charge is 0.247 e. The van der Waals surface area contributed by atoms with Gasteiger partial charge in [0, 0.05) is 18.5 Å². The van der Waals surface area contributed by atoms with Crippen LogP contribution in [0.25, 0.3) is 0 Å². The molecule has 7 heteroatoms. The molecule has 1 unspecified atom stereocenters. The van der Waals surface area contributed by atoms with Gasteiger partial charge in [-0.1, -0.05) is 0 Å². The van der Waals surface area contributed by atoms with Gasteiger partial charge in [0.15, 0.2) is 0 Å². The first-order valence-electron chi connectivity index (χ1n) is 11.5. The fourth-order valence-corrected chi connectivity index (χ4v) is 5.74. The molecular weight excluding hydrogens is 370 g/mol. The minimum absolute atomic E-state index is 0.00510. The lowest BCUT2D eigenvalue weighted by Gasteiger charge is -2.47. The number of likely N-dealkylation sites (tertiary alicyclic amines) is 1. The van der Waals surface area contributed by atoms with Gasteiger partial charge < -0.3 is 25.0 Å². The highest BCUT2D eigenvalue weighted by Gasteiger charge is 2.43. The Labute approximate surface area is 174 Å². The zero-order valence-electron chi connectivity index (χ0n) is 17.8. The van der Waals surface area contributed by atoms with Crippen LogP contribution in [0.2, 0.25) is 0 Å². The Morgan fingerprint density at radius 2 is 1.90 bits per heavy atom. The molecule has 5 rings (SSSR count). The SMILES string of the molecule is CC(OCC12CCC(CC1)OC2)[C@H](NC=O)C(=O)N1CCC2(CCNCC2)CC1. The van der Waals surface area contributed by atoms with Crippen molar-refractivity contribution in [3.8, 4) is 0 Å². The molecule has 2 atom stereocenters. The van der Waals surface area contributed by atoms with Crippen molar-refractivity contribution in [2.75, 3.05) is 39.4 Å². The van der Waals surface area contributed by atoms with Crippen LogP contribution in [0.15, 0.2) is 0 Å². The summed E-state index contributed by atoms with van der Waals surface area (Å²) in [5.74, 6) is -0.00510. The summed E-state index contributed by atoms with van der Waals surface area (Å²) in [6, 6.07) is -0.619. The highest BCUT2D eigenvalue weighted by molar-refractivity contribution is 5.84. The molecule has 2 amide bonds. The molecule has 1 aliphatic carbocycles. The van der Waals surface area contributed by atoms with Crippen LogP contribution in [-0.2, 0) is 19.1 Å². The van der Waals surface area contributed by atoms with E-state index in [1.165, 1.54) is 12.8 Å². The summed E-state index contributed by atoms with van der Waals surface area (Å²) in [4.78, 5) is 26.3. The van der Waals surface area contributed by atoms with Crippen molar-refractivity contribution in [2.24, 2.45) is 10.8 Å². The number of fused-ring (bicyclic) bond motifs is 3. The second-order valence-electron chi connectivity index (χ2n) is 9.86. The van der Waals surface area contributed by atoms with Gasteiger partial charge in [-0.2, -0.15) is 0 Å². The second kappa shape index (κ2) is 8.90. The lowest BCUT2D eigenvalue weighted by molar-refractivity contribution is -0.157. The molecule has 7 nitrogen and oxygen atoms in total. The Morgan fingerprint density at radius 3 is 2.48 bits per heavy atom. The van der Waals surface area contributed by atoms with Crippen LogP contribution in [0.4, 0.5) is 0 Å². The maximum atomic E-state index is 13.2. The number of ether oxygens (including phenoxy) is 2. The summed E-state index contributed by atoms with van der Waals surface area (Å²) in [6.07, 6.45) is 9.73. The van der Waals surface area contributed by atoms with Crippen LogP contribution in [0.5, 0.6) is 0 Å². The Bertz CT molecular complexity index is 561. The van der Waals surface area contributed by atoms with E-state index in [1.54, 1.807) is 0 Å². The molecule has 29 heavy (non-hydrogen) atoms. The number of carbonyl (C=O) groups is 2. The molecule has 4 heterocycles. The first-order valence-corrected chi connectivity index (χ1v) is 11.5. The Hall–Kier alpha value is -1.18. The third-order valence-electron chi connectivity index (χ3n) is 8.05. The summed E-state index contributed by atoms with van der Waals surface area (Å²) in [5, 5.41) is 6.18. The van der Waals surface area contributed by atoms with Crippen molar-refractivity contribution in [3.63, 3.8) is 0 Å². The molecule has 2 N–H and O–H groups in total. The van der Waals surface area contributed by atoms with Gasteiger partial charge in [-0.05, 0) is 76.8 Å². The van der Waals surface area contributed by atoms with Gasteiger partial charge in [0.1, 0.15) is 6.04 Å².